The van der Waals surface area contributed by atoms with Crippen molar-refractivity contribution in [2.45, 2.75) is 6.10 Å². The molecule has 28 heavy (non-hydrogen) atoms. The lowest BCUT2D eigenvalue weighted by Crippen LogP contribution is -2.30. The Hall–Kier alpha value is -2.40. The van der Waals surface area contributed by atoms with Gasteiger partial charge in [0, 0.05) is 13.2 Å². The van der Waals surface area contributed by atoms with Crippen molar-refractivity contribution in [3.05, 3.63) is 58.1 Å². The highest BCUT2D eigenvalue weighted by molar-refractivity contribution is 6.31. The minimum Gasteiger partial charge on any atom is -0.388 e. The number of benzene rings is 2. The molecule has 1 unspecified atom stereocenters. The molecule has 11 heteroatoms. The maximum absolute atomic E-state index is 14.3. The van der Waals surface area contributed by atoms with Crippen molar-refractivity contribution < 1.29 is 37.0 Å². The van der Waals surface area contributed by atoms with E-state index in [9.17, 15) is 27.5 Å². The normalized spacial score (nSPS) is 12.0. The molecular weight excluding hydrogens is 408 g/mol. The Morgan fingerprint density at radius 3 is 2.54 bits per heavy atom. The molecule has 2 rings (SSSR count). The monoisotopic (exact) mass is 422 g/mol. The summed E-state index contributed by atoms with van der Waals surface area (Å²) in [6, 6.07) is 3.14. The summed E-state index contributed by atoms with van der Waals surface area (Å²) in [5, 5.41) is 10.9. The molecule has 0 spiro atoms. The van der Waals surface area contributed by atoms with Crippen LogP contribution in [0.3, 0.4) is 0 Å². The second kappa shape index (κ2) is 9.69. The summed E-state index contributed by atoms with van der Waals surface area (Å²) in [6.07, 6.45) is -1.05. The Balaban J connectivity index is 2.29. The van der Waals surface area contributed by atoms with Gasteiger partial charge in [-0.15, -0.1) is 0 Å². The molecule has 0 saturated carbocycles. The molecule has 6 nitrogen and oxygen atoms in total. The zero-order valence-electron chi connectivity index (χ0n) is 14.4. The first-order valence-electron chi connectivity index (χ1n) is 7.73. The lowest BCUT2D eigenvalue weighted by Gasteiger charge is -2.16. The van der Waals surface area contributed by atoms with Crippen LogP contribution in [0.1, 0.15) is 10.4 Å². The van der Waals surface area contributed by atoms with Gasteiger partial charge >= 0.3 is 0 Å². The van der Waals surface area contributed by atoms with Crippen LogP contribution < -0.4 is 10.8 Å². The van der Waals surface area contributed by atoms with Crippen molar-refractivity contribution in [1.82, 2.24) is 5.48 Å². The second-order valence-corrected chi connectivity index (χ2v) is 5.92. The van der Waals surface area contributed by atoms with Crippen molar-refractivity contribution in [2.75, 3.05) is 25.6 Å². The van der Waals surface area contributed by atoms with E-state index in [-0.39, 0.29) is 13.2 Å². The SMILES string of the molecule is COCC(O)CONC(=O)c1cc(Cl)c(F)c(F)c1Nc1ccc(F)cc1F. The van der Waals surface area contributed by atoms with Crippen LogP contribution in [-0.4, -0.2) is 37.4 Å². The summed E-state index contributed by atoms with van der Waals surface area (Å²) in [6.45, 7) is -0.421. The highest BCUT2D eigenvalue weighted by atomic mass is 35.5. The van der Waals surface area contributed by atoms with Crippen molar-refractivity contribution in [2.24, 2.45) is 0 Å². The molecule has 1 atom stereocenters. The van der Waals surface area contributed by atoms with E-state index >= 15 is 0 Å². The van der Waals surface area contributed by atoms with Crippen LogP contribution in [0.4, 0.5) is 28.9 Å². The number of hydrogen-bond donors (Lipinski definition) is 3. The van der Waals surface area contributed by atoms with E-state index in [1.165, 1.54) is 7.11 Å². The predicted octanol–water partition coefficient (Wildman–Crippen LogP) is 3.31. The smallest absolute Gasteiger partial charge is 0.277 e. The average molecular weight is 423 g/mol. The molecule has 0 aliphatic heterocycles. The fraction of sp³-hybridized carbons (Fsp3) is 0.235. The highest BCUT2D eigenvalue weighted by Gasteiger charge is 2.23. The molecule has 152 valence electrons. The first-order chi connectivity index (χ1) is 13.2. The number of hydroxylamine groups is 1. The van der Waals surface area contributed by atoms with Gasteiger partial charge < -0.3 is 15.2 Å². The zero-order valence-corrected chi connectivity index (χ0v) is 15.1. The maximum atomic E-state index is 14.3. The van der Waals surface area contributed by atoms with Crippen molar-refractivity contribution >= 4 is 28.9 Å². The Bertz CT molecular complexity index is 870. The second-order valence-electron chi connectivity index (χ2n) is 5.51. The minimum atomic E-state index is -1.55. The van der Waals surface area contributed by atoms with Gasteiger partial charge in [-0.25, -0.2) is 23.0 Å². The number of nitrogens with one attached hydrogen (secondary N) is 2. The molecule has 2 aromatic rings. The number of amides is 1. The summed E-state index contributed by atoms with van der Waals surface area (Å²) in [5.74, 6) is -6.07. The van der Waals surface area contributed by atoms with Gasteiger partial charge in [-0.05, 0) is 18.2 Å². The third-order valence-electron chi connectivity index (χ3n) is 3.40. The van der Waals surface area contributed by atoms with Crippen LogP contribution in [0.2, 0.25) is 5.02 Å². The van der Waals surface area contributed by atoms with E-state index < -0.39 is 57.2 Å². The topological polar surface area (TPSA) is 79.8 Å². The molecule has 0 fully saturated rings. The Morgan fingerprint density at radius 1 is 1.18 bits per heavy atom. The molecule has 1 amide bonds. The molecule has 0 heterocycles. The number of aliphatic hydroxyl groups is 1. The summed E-state index contributed by atoms with van der Waals surface area (Å²) < 4.78 is 59.7. The lowest BCUT2D eigenvalue weighted by molar-refractivity contribution is -0.0365. The maximum Gasteiger partial charge on any atom is 0.277 e. The van der Waals surface area contributed by atoms with Gasteiger partial charge in [-0.1, -0.05) is 11.6 Å². The third kappa shape index (κ3) is 5.32. The number of anilines is 2. The third-order valence-corrected chi connectivity index (χ3v) is 3.67. The molecule has 0 aliphatic rings. The number of carbonyl (C=O) groups excluding carboxylic acids is 1. The van der Waals surface area contributed by atoms with E-state index in [0.29, 0.717) is 6.07 Å². The van der Waals surface area contributed by atoms with Crippen LogP contribution in [-0.2, 0) is 9.57 Å². The summed E-state index contributed by atoms with van der Waals surface area (Å²) in [5.41, 5.74) is 0.242. The van der Waals surface area contributed by atoms with E-state index in [0.717, 1.165) is 18.2 Å². The van der Waals surface area contributed by atoms with E-state index in [1.807, 2.05) is 5.48 Å². The van der Waals surface area contributed by atoms with Gasteiger partial charge in [0.2, 0.25) is 0 Å². The molecule has 0 radical (unpaired) electrons. The largest absolute Gasteiger partial charge is 0.388 e. The molecular formula is C17H15ClF4N2O4. The van der Waals surface area contributed by atoms with E-state index in [4.69, 9.17) is 16.4 Å². The summed E-state index contributed by atoms with van der Waals surface area (Å²) in [7, 11) is 1.34. The number of ether oxygens (including phenoxy) is 1. The number of carbonyl (C=O) groups is 1. The van der Waals surface area contributed by atoms with Gasteiger partial charge in [0.15, 0.2) is 11.6 Å². The van der Waals surface area contributed by atoms with Crippen molar-refractivity contribution in [3.8, 4) is 0 Å². The molecule has 3 N–H and O–H groups in total. The molecule has 0 aliphatic carbocycles. The lowest BCUT2D eigenvalue weighted by atomic mass is 10.1. The minimum absolute atomic E-state index is 0.0659. The van der Waals surface area contributed by atoms with Gasteiger partial charge in [-0.3, -0.25) is 9.63 Å². The number of hydrogen-bond acceptors (Lipinski definition) is 5. The average Bonchev–Trinajstić information content (AvgIpc) is 2.63. The van der Waals surface area contributed by atoms with E-state index in [1.54, 1.807) is 0 Å². The van der Waals surface area contributed by atoms with E-state index in [2.05, 4.69) is 10.1 Å². The molecule has 0 saturated heterocycles. The number of halogens is 5. The fourth-order valence-corrected chi connectivity index (χ4v) is 2.31. The van der Waals surface area contributed by atoms with Gasteiger partial charge in [0.25, 0.3) is 5.91 Å². The summed E-state index contributed by atoms with van der Waals surface area (Å²) >= 11 is 5.57. The zero-order chi connectivity index (χ0) is 20.8. The number of aliphatic hydroxyl groups excluding tert-OH is 1. The first kappa shape index (κ1) is 21.9. The van der Waals surface area contributed by atoms with Gasteiger partial charge in [-0.2, -0.15) is 0 Å². The Kier molecular flexibility index (Phi) is 7.58. The standard InChI is InChI=1S/C17H15ClF4N2O4/c1-27-6-9(25)7-28-24-17(26)10-5-11(18)14(21)15(22)16(10)23-13-3-2-8(19)4-12(13)20/h2-5,9,23,25H,6-7H2,1H3,(H,24,26). The van der Waals surface area contributed by atoms with Crippen LogP contribution in [0.5, 0.6) is 0 Å². The first-order valence-corrected chi connectivity index (χ1v) is 8.11. The molecule has 2 aromatic carbocycles. The van der Waals surface area contributed by atoms with Crippen LogP contribution in [0.15, 0.2) is 24.3 Å². The Labute approximate surface area is 162 Å². The van der Waals surface area contributed by atoms with Crippen LogP contribution in [0.25, 0.3) is 0 Å². The summed E-state index contributed by atoms with van der Waals surface area (Å²) in [4.78, 5) is 17.0. The van der Waals surface area contributed by atoms with Crippen LogP contribution in [0, 0.1) is 23.3 Å². The van der Waals surface area contributed by atoms with Gasteiger partial charge in [0.05, 0.1) is 28.6 Å². The highest BCUT2D eigenvalue weighted by Crippen LogP contribution is 2.32. The molecule has 0 bridgehead atoms. The van der Waals surface area contributed by atoms with Gasteiger partial charge in [0.1, 0.15) is 24.3 Å². The molecule has 0 aromatic heterocycles. The number of rotatable bonds is 8. The fourth-order valence-electron chi connectivity index (χ4n) is 2.12. The predicted molar refractivity (Wildman–Crippen MR) is 92.3 cm³/mol. The van der Waals surface area contributed by atoms with Crippen molar-refractivity contribution in [1.29, 1.82) is 0 Å². The number of methoxy groups -OCH3 is 1. The Morgan fingerprint density at radius 2 is 1.89 bits per heavy atom. The van der Waals surface area contributed by atoms with Crippen molar-refractivity contribution in [3.63, 3.8) is 0 Å². The van der Waals surface area contributed by atoms with Crippen LogP contribution >= 0.6 is 11.6 Å². The quantitative estimate of drug-likeness (QED) is 0.345.